The average Bonchev–Trinajstić information content (AvgIpc) is 2.25. The van der Waals surface area contributed by atoms with Crippen LogP contribution >= 0.6 is 0 Å². The minimum atomic E-state index is 0.458. The summed E-state index contributed by atoms with van der Waals surface area (Å²) in [5.74, 6) is 0. The van der Waals surface area contributed by atoms with Crippen LogP contribution in [0.15, 0.2) is 0 Å². The molecule has 0 aromatic rings. The molecule has 0 amide bonds. The molecule has 2 saturated heterocycles. The third kappa shape index (κ3) is 3.16. The minimum absolute atomic E-state index is 0.458. The summed E-state index contributed by atoms with van der Waals surface area (Å²) in [7, 11) is 0. The fraction of sp³-hybridized carbons (Fsp3) is 1.00. The van der Waals surface area contributed by atoms with E-state index in [1.54, 1.807) is 0 Å². The second kappa shape index (κ2) is 5.28. The van der Waals surface area contributed by atoms with Crippen molar-refractivity contribution >= 4 is 0 Å². The molecule has 1 unspecified atom stereocenters. The van der Waals surface area contributed by atoms with Crippen LogP contribution in [0, 0.1) is 0 Å². The van der Waals surface area contributed by atoms with Crippen LogP contribution in [0.5, 0.6) is 0 Å². The van der Waals surface area contributed by atoms with E-state index in [-0.39, 0.29) is 0 Å². The summed E-state index contributed by atoms with van der Waals surface area (Å²) < 4.78 is 0. The van der Waals surface area contributed by atoms with Crippen molar-refractivity contribution < 1.29 is 0 Å². The maximum Gasteiger partial charge on any atom is 0.0508 e. The van der Waals surface area contributed by atoms with E-state index >= 15 is 0 Å². The van der Waals surface area contributed by atoms with Crippen molar-refractivity contribution in [2.45, 2.75) is 51.1 Å². The maximum absolute atomic E-state index is 5.92. The van der Waals surface area contributed by atoms with Gasteiger partial charge in [0.25, 0.3) is 0 Å². The van der Waals surface area contributed by atoms with Crippen LogP contribution in [0.3, 0.4) is 0 Å². The number of nitrogens with zero attached hydrogens (tertiary/aromatic N) is 2. The van der Waals surface area contributed by atoms with Gasteiger partial charge in [-0.25, -0.2) is 0 Å². The summed E-state index contributed by atoms with van der Waals surface area (Å²) in [6, 6.07) is 1.24. The Kier molecular flexibility index (Phi) is 4.00. The Morgan fingerprint density at radius 1 is 1.07 bits per heavy atom. The molecule has 3 heteroatoms. The van der Waals surface area contributed by atoms with Gasteiger partial charge in [0, 0.05) is 25.2 Å². The molecule has 2 heterocycles. The lowest BCUT2D eigenvalue weighted by molar-refractivity contribution is 0.0610. The van der Waals surface area contributed by atoms with E-state index in [0.717, 1.165) is 6.04 Å². The molecule has 2 N–H and O–H groups in total. The quantitative estimate of drug-likeness (QED) is 0.746. The lowest BCUT2D eigenvalue weighted by atomic mass is 10.0. The summed E-state index contributed by atoms with van der Waals surface area (Å²) in [5, 5.41) is 0. The molecule has 1 atom stereocenters. The zero-order chi connectivity index (χ0) is 10.7. The summed E-state index contributed by atoms with van der Waals surface area (Å²) >= 11 is 0. The molecule has 2 fully saturated rings. The Morgan fingerprint density at radius 2 is 1.80 bits per heavy atom. The first kappa shape index (κ1) is 11.4. The second-order valence-corrected chi connectivity index (χ2v) is 5.25. The molecule has 0 radical (unpaired) electrons. The average molecular weight is 211 g/mol. The predicted octanol–water partition coefficient (Wildman–Crippen LogP) is 1.24. The monoisotopic (exact) mass is 211 g/mol. The third-order valence-corrected chi connectivity index (χ3v) is 3.95. The lowest BCUT2D eigenvalue weighted by Crippen LogP contribution is -2.49. The van der Waals surface area contributed by atoms with Crippen LogP contribution in [0.25, 0.3) is 0 Å². The fourth-order valence-electron chi connectivity index (χ4n) is 2.72. The molecule has 0 spiro atoms. The predicted molar refractivity (Wildman–Crippen MR) is 63.7 cm³/mol. The highest BCUT2D eigenvalue weighted by Crippen LogP contribution is 2.18. The van der Waals surface area contributed by atoms with Crippen LogP contribution in [0.4, 0.5) is 0 Å². The van der Waals surface area contributed by atoms with Gasteiger partial charge < -0.3 is 5.73 Å². The van der Waals surface area contributed by atoms with Crippen LogP contribution < -0.4 is 5.73 Å². The Labute approximate surface area is 93.6 Å². The molecule has 0 saturated carbocycles. The first-order chi connectivity index (χ1) is 7.25. The zero-order valence-corrected chi connectivity index (χ0v) is 9.99. The largest absolute Gasteiger partial charge is 0.328 e. The molecule has 88 valence electrons. The van der Waals surface area contributed by atoms with Crippen LogP contribution in [0.2, 0.25) is 0 Å². The number of likely N-dealkylation sites (tertiary alicyclic amines) is 2. The standard InChI is InChI=1S/C12H25N3/c1-11-4-2-3-7-15(11)10-14-8-5-12(13)6-9-14/h11-12H,2-10,13H2,1H3. The van der Waals surface area contributed by atoms with Crippen molar-refractivity contribution in [3.63, 3.8) is 0 Å². The van der Waals surface area contributed by atoms with Gasteiger partial charge >= 0.3 is 0 Å². The Bertz CT molecular complexity index is 187. The smallest absolute Gasteiger partial charge is 0.0508 e. The van der Waals surface area contributed by atoms with Crippen molar-refractivity contribution in [2.24, 2.45) is 5.73 Å². The summed E-state index contributed by atoms with van der Waals surface area (Å²) in [4.78, 5) is 5.21. The van der Waals surface area contributed by atoms with Crippen molar-refractivity contribution in [3.05, 3.63) is 0 Å². The van der Waals surface area contributed by atoms with E-state index in [1.165, 1.54) is 58.4 Å². The number of piperidine rings is 2. The topological polar surface area (TPSA) is 32.5 Å². The zero-order valence-electron chi connectivity index (χ0n) is 9.99. The van der Waals surface area contributed by atoms with Gasteiger partial charge in [0.05, 0.1) is 6.67 Å². The highest BCUT2D eigenvalue weighted by molar-refractivity contribution is 4.77. The molecular weight excluding hydrogens is 186 g/mol. The second-order valence-electron chi connectivity index (χ2n) is 5.25. The van der Waals surface area contributed by atoms with E-state index in [4.69, 9.17) is 5.73 Å². The lowest BCUT2D eigenvalue weighted by Gasteiger charge is -2.39. The molecule has 2 aliphatic rings. The van der Waals surface area contributed by atoms with Crippen LogP contribution in [-0.4, -0.2) is 48.2 Å². The van der Waals surface area contributed by atoms with Gasteiger partial charge in [0.2, 0.25) is 0 Å². The van der Waals surface area contributed by atoms with E-state index < -0.39 is 0 Å². The maximum atomic E-state index is 5.92. The summed E-state index contributed by atoms with van der Waals surface area (Å²) in [6.07, 6.45) is 6.55. The van der Waals surface area contributed by atoms with Crippen molar-refractivity contribution in [2.75, 3.05) is 26.3 Å². The molecule has 2 aliphatic heterocycles. The van der Waals surface area contributed by atoms with E-state index in [2.05, 4.69) is 16.7 Å². The van der Waals surface area contributed by atoms with Gasteiger partial charge in [-0.2, -0.15) is 0 Å². The van der Waals surface area contributed by atoms with E-state index in [1.807, 2.05) is 0 Å². The van der Waals surface area contributed by atoms with Crippen molar-refractivity contribution in [1.82, 2.24) is 9.80 Å². The summed E-state index contributed by atoms with van der Waals surface area (Å²) in [6.45, 7) is 7.24. The molecule has 0 aliphatic carbocycles. The van der Waals surface area contributed by atoms with Gasteiger partial charge in [-0.05, 0) is 39.2 Å². The molecule has 0 aromatic carbocycles. The number of hydrogen-bond donors (Lipinski definition) is 1. The molecular formula is C12H25N3. The summed E-state index contributed by atoms with van der Waals surface area (Å²) in [5.41, 5.74) is 5.92. The fourth-order valence-corrected chi connectivity index (χ4v) is 2.72. The highest BCUT2D eigenvalue weighted by atomic mass is 15.3. The van der Waals surface area contributed by atoms with Crippen LogP contribution in [0.1, 0.15) is 39.0 Å². The number of hydrogen-bond acceptors (Lipinski definition) is 3. The van der Waals surface area contributed by atoms with E-state index in [9.17, 15) is 0 Å². The van der Waals surface area contributed by atoms with E-state index in [0.29, 0.717) is 6.04 Å². The van der Waals surface area contributed by atoms with Gasteiger partial charge in [0.15, 0.2) is 0 Å². The highest BCUT2D eigenvalue weighted by Gasteiger charge is 2.22. The molecule has 0 aromatic heterocycles. The third-order valence-electron chi connectivity index (χ3n) is 3.95. The van der Waals surface area contributed by atoms with Gasteiger partial charge in [-0.3, -0.25) is 9.80 Å². The molecule has 3 nitrogen and oxygen atoms in total. The molecule has 15 heavy (non-hydrogen) atoms. The Balaban J connectivity index is 1.75. The first-order valence-corrected chi connectivity index (χ1v) is 6.47. The minimum Gasteiger partial charge on any atom is -0.328 e. The number of nitrogens with two attached hydrogens (primary N) is 1. The van der Waals surface area contributed by atoms with Crippen LogP contribution in [-0.2, 0) is 0 Å². The molecule has 0 bridgehead atoms. The van der Waals surface area contributed by atoms with Crippen molar-refractivity contribution in [1.29, 1.82) is 0 Å². The van der Waals surface area contributed by atoms with Gasteiger partial charge in [0.1, 0.15) is 0 Å². The molecule has 2 rings (SSSR count). The van der Waals surface area contributed by atoms with Gasteiger partial charge in [-0.1, -0.05) is 6.42 Å². The number of rotatable bonds is 2. The van der Waals surface area contributed by atoms with Gasteiger partial charge in [-0.15, -0.1) is 0 Å². The Morgan fingerprint density at radius 3 is 2.47 bits per heavy atom. The normalized spacial score (nSPS) is 32.0. The SMILES string of the molecule is CC1CCCCN1CN1CCC(N)CC1. The Hall–Kier alpha value is -0.120. The first-order valence-electron chi connectivity index (χ1n) is 6.47. The van der Waals surface area contributed by atoms with Crippen molar-refractivity contribution in [3.8, 4) is 0 Å².